The number of H-pyrrole nitrogens is 1. The molecule has 1 fully saturated rings. The van der Waals surface area contributed by atoms with Crippen molar-refractivity contribution in [2.45, 2.75) is 26.1 Å². The highest BCUT2D eigenvalue weighted by Gasteiger charge is 2.28. The normalized spacial score (nSPS) is 15.7. The minimum Gasteiger partial charge on any atom is -0.334 e. The molecule has 0 bridgehead atoms. The first-order valence-corrected chi connectivity index (χ1v) is 11.3. The number of halogens is 3. The van der Waals surface area contributed by atoms with Crippen LogP contribution in [0.2, 0.25) is 0 Å². The average Bonchev–Trinajstić information content (AvgIpc) is 3.43. The zero-order valence-electron chi connectivity index (χ0n) is 19.1. The molecule has 9 nitrogen and oxygen atoms in total. The second kappa shape index (κ2) is 9.62. The predicted octanol–water partition coefficient (Wildman–Crippen LogP) is 4.13. The van der Waals surface area contributed by atoms with Gasteiger partial charge in [0.2, 0.25) is 5.95 Å². The Bertz CT molecular complexity index is 1290. The summed E-state index contributed by atoms with van der Waals surface area (Å²) in [5.41, 5.74) is 3.47. The lowest BCUT2D eigenvalue weighted by molar-refractivity contribution is -0.138. The molecule has 0 radical (unpaired) electrons. The quantitative estimate of drug-likeness (QED) is 0.402. The number of aryl methyl sites for hydroxylation is 1. The third-order valence-electron chi connectivity index (χ3n) is 5.91. The number of aromatic nitrogens is 5. The van der Waals surface area contributed by atoms with Crippen molar-refractivity contribution in [2.24, 2.45) is 0 Å². The van der Waals surface area contributed by atoms with Gasteiger partial charge in [-0.25, -0.2) is 9.97 Å². The van der Waals surface area contributed by atoms with Crippen LogP contribution in [0.5, 0.6) is 0 Å². The molecule has 0 aliphatic carbocycles. The van der Waals surface area contributed by atoms with E-state index >= 15 is 0 Å². The summed E-state index contributed by atoms with van der Waals surface area (Å²) >= 11 is 0. The molecular formula is C23H25F3N8O. The molecule has 1 aliphatic rings. The summed E-state index contributed by atoms with van der Waals surface area (Å²) in [6.07, 6.45) is -3.13. The van der Waals surface area contributed by atoms with Crippen molar-refractivity contribution < 1.29 is 17.7 Å². The Kier molecular flexibility index (Phi) is 6.39. The van der Waals surface area contributed by atoms with Crippen molar-refractivity contribution in [1.82, 2.24) is 34.9 Å². The van der Waals surface area contributed by atoms with E-state index in [2.05, 4.69) is 35.3 Å². The van der Waals surface area contributed by atoms with Crippen LogP contribution in [0.25, 0.3) is 22.5 Å². The van der Waals surface area contributed by atoms with Gasteiger partial charge in [0.15, 0.2) is 5.82 Å². The lowest BCUT2D eigenvalue weighted by Gasteiger charge is -2.34. The van der Waals surface area contributed by atoms with Gasteiger partial charge in [-0.05, 0) is 42.8 Å². The Morgan fingerprint density at radius 1 is 1.06 bits per heavy atom. The van der Waals surface area contributed by atoms with Gasteiger partial charge in [0.05, 0.1) is 17.5 Å². The topological polar surface area (TPSA) is 99.0 Å². The molecule has 1 aliphatic heterocycles. The molecule has 4 heterocycles. The first-order chi connectivity index (χ1) is 16.8. The van der Waals surface area contributed by atoms with Gasteiger partial charge >= 0.3 is 6.18 Å². The second-order valence-electron chi connectivity index (χ2n) is 8.62. The Balaban J connectivity index is 1.19. The smallest absolute Gasteiger partial charge is 0.334 e. The van der Waals surface area contributed by atoms with E-state index in [-0.39, 0.29) is 6.54 Å². The number of nitrogens with zero attached hydrogens (tertiary/aromatic N) is 6. The van der Waals surface area contributed by atoms with E-state index in [1.807, 2.05) is 35.2 Å². The van der Waals surface area contributed by atoms with Crippen molar-refractivity contribution in [1.29, 1.82) is 0 Å². The fourth-order valence-corrected chi connectivity index (χ4v) is 4.09. The van der Waals surface area contributed by atoms with Crippen LogP contribution in [0.3, 0.4) is 0 Å². The number of aromatic amines is 1. The molecule has 3 aromatic heterocycles. The van der Waals surface area contributed by atoms with Crippen molar-refractivity contribution in [3.05, 3.63) is 47.9 Å². The first kappa shape index (κ1) is 23.2. The van der Waals surface area contributed by atoms with Crippen LogP contribution >= 0.6 is 0 Å². The number of alkyl halides is 3. The van der Waals surface area contributed by atoms with Gasteiger partial charge in [0.25, 0.3) is 5.89 Å². The van der Waals surface area contributed by atoms with Crippen molar-refractivity contribution >= 4 is 22.8 Å². The van der Waals surface area contributed by atoms with Gasteiger partial charge < -0.3 is 19.7 Å². The minimum absolute atomic E-state index is 0.0637. The third-order valence-corrected chi connectivity index (χ3v) is 5.91. The van der Waals surface area contributed by atoms with Gasteiger partial charge in [0.1, 0.15) is 5.82 Å². The molecular weight excluding hydrogens is 461 g/mol. The zero-order chi connectivity index (χ0) is 24.4. The Labute approximate surface area is 199 Å². The number of hydrogen-bond donors (Lipinski definition) is 2. The molecule has 35 heavy (non-hydrogen) atoms. The van der Waals surface area contributed by atoms with Crippen LogP contribution < -0.4 is 5.32 Å². The van der Waals surface area contributed by atoms with E-state index in [1.54, 1.807) is 13.1 Å². The van der Waals surface area contributed by atoms with E-state index in [4.69, 9.17) is 4.52 Å². The largest absolute Gasteiger partial charge is 0.390 e. The number of benzene rings is 1. The standard InChI is InChI=1S/C23H25F3N8O/c1-15-28-21(35-32-15)17-2-3-18-19(13-17)30-22(29-18)31-20-12-16(4-6-27-20)14-34-10-8-33(9-11-34)7-5-23(24,25)26/h2-4,6,12-13H,5,7-11,14H2,1H3,(H2,27,29,30,31). The summed E-state index contributed by atoms with van der Waals surface area (Å²) < 4.78 is 42.6. The van der Waals surface area contributed by atoms with E-state index in [0.717, 1.165) is 35.2 Å². The van der Waals surface area contributed by atoms with Crippen LogP contribution in [-0.4, -0.2) is 73.8 Å². The summed E-state index contributed by atoms with van der Waals surface area (Å²) in [7, 11) is 0. The first-order valence-electron chi connectivity index (χ1n) is 11.3. The molecule has 184 valence electrons. The fraction of sp³-hybridized carbons (Fsp3) is 0.391. The lowest BCUT2D eigenvalue weighted by atomic mass is 10.2. The number of rotatable bonds is 7. The van der Waals surface area contributed by atoms with E-state index in [1.165, 1.54) is 0 Å². The molecule has 0 atom stereocenters. The molecule has 2 N–H and O–H groups in total. The summed E-state index contributed by atoms with van der Waals surface area (Å²) in [6.45, 7) is 5.27. The average molecular weight is 487 g/mol. The Hall–Kier alpha value is -3.51. The Morgan fingerprint density at radius 3 is 2.60 bits per heavy atom. The highest BCUT2D eigenvalue weighted by Crippen LogP contribution is 2.24. The number of imidazole rings is 1. The maximum absolute atomic E-state index is 12.5. The van der Waals surface area contributed by atoms with Gasteiger partial charge in [-0.15, -0.1) is 0 Å². The van der Waals surface area contributed by atoms with Crippen LogP contribution in [0.4, 0.5) is 24.9 Å². The Morgan fingerprint density at radius 2 is 1.86 bits per heavy atom. The van der Waals surface area contributed by atoms with Crippen molar-refractivity contribution in [3.63, 3.8) is 0 Å². The molecule has 1 saturated heterocycles. The third kappa shape index (κ3) is 5.95. The number of hydrogen-bond acceptors (Lipinski definition) is 8. The highest BCUT2D eigenvalue weighted by atomic mass is 19.4. The number of fused-ring (bicyclic) bond motifs is 1. The molecule has 0 saturated carbocycles. The maximum Gasteiger partial charge on any atom is 0.390 e. The van der Waals surface area contributed by atoms with Crippen LogP contribution in [-0.2, 0) is 6.54 Å². The zero-order valence-corrected chi connectivity index (χ0v) is 19.1. The summed E-state index contributed by atoms with van der Waals surface area (Å²) in [5, 5.41) is 7.04. The van der Waals surface area contributed by atoms with E-state index < -0.39 is 12.6 Å². The van der Waals surface area contributed by atoms with Crippen LogP contribution in [0.15, 0.2) is 41.1 Å². The van der Waals surface area contributed by atoms with Gasteiger partial charge in [-0.2, -0.15) is 18.2 Å². The van der Waals surface area contributed by atoms with Crippen LogP contribution in [0.1, 0.15) is 17.8 Å². The van der Waals surface area contributed by atoms with Crippen molar-refractivity contribution in [3.8, 4) is 11.5 Å². The maximum atomic E-state index is 12.5. The SMILES string of the molecule is Cc1noc(-c2ccc3nc(Nc4cc(CN5CCN(CCC(F)(F)F)CC5)ccn4)[nH]c3c2)n1. The fourth-order valence-electron chi connectivity index (χ4n) is 4.09. The monoisotopic (exact) mass is 486 g/mol. The molecule has 0 spiro atoms. The highest BCUT2D eigenvalue weighted by molar-refractivity contribution is 5.82. The van der Waals surface area contributed by atoms with Gasteiger partial charge in [0, 0.05) is 51.0 Å². The molecule has 4 aromatic rings. The van der Waals surface area contributed by atoms with E-state index in [9.17, 15) is 13.2 Å². The summed E-state index contributed by atoms with van der Waals surface area (Å²) in [4.78, 5) is 20.6. The molecule has 0 unspecified atom stereocenters. The number of nitrogens with one attached hydrogen (secondary N) is 2. The lowest BCUT2D eigenvalue weighted by Crippen LogP contribution is -2.46. The number of pyridine rings is 1. The summed E-state index contributed by atoms with van der Waals surface area (Å²) in [5.74, 6) is 2.23. The van der Waals surface area contributed by atoms with Crippen LogP contribution in [0, 0.1) is 6.92 Å². The van der Waals surface area contributed by atoms with Gasteiger partial charge in [-0.3, -0.25) is 4.90 Å². The number of piperazine rings is 1. The number of anilines is 2. The van der Waals surface area contributed by atoms with Gasteiger partial charge in [-0.1, -0.05) is 5.16 Å². The molecule has 5 rings (SSSR count). The molecule has 1 aromatic carbocycles. The molecule has 0 amide bonds. The minimum atomic E-state index is -4.10. The van der Waals surface area contributed by atoms with E-state index in [0.29, 0.717) is 43.1 Å². The summed E-state index contributed by atoms with van der Waals surface area (Å²) in [6, 6.07) is 9.55. The van der Waals surface area contributed by atoms with Crippen molar-refractivity contribution in [2.75, 3.05) is 38.0 Å². The molecule has 12 heteroatoms. The predicted molar refractivity (Wildman–Crippen MR) is 124 cm³/mol. The second-order valence-corrected chi connectivity index (χ2v) is 8.62.